The van der Waals surface area contributed by atoms with Crippen molar-refractivity contribution in [3.63, 3.8) is 0 Å². The first kappa shape index (κ1) is 17.2. The van der Waals surface area contributed by atoms with E-state index in [0.717, 1.165) is 17.4 Å². The molecule has 7 nitrogen and oxygen atoms in total. The van der Waals surface area contributed by atoms with Crippen molar-refractivity contribution in [1.29, 1.82) is 0 Å². The molecule has 1 saturated carbocycles. The number of nitrogens with zero attached hydrogens (tertiary/aromatic N) is 3. The van der Waals surface area contributed by atoms with Gasteiger partial charge in [-0.05, 0) is 31.0 Å². The molecule has 8 heteroatoms. The van der Waals surface area contributed by atoms with Crippen molar-refractivity contribution in [3.05, 3.63) is 63.5 Å². The van der Waals surface area contributed by atoms with Gasteiger partial charge < -0.3 is 5.11 Å². The van der Waals surface area contributed by atoms with Crippen LogP contribution in [0.4, 0.5) is 0 Å². The number of carbonyl (C=O) groups excluding carboxylic acids is 1. The largest absolute Gasteiger partial charge is 0.494 e. The second-order valence-corrected chi connectivity index (χ2v) is 6.70. The van der Waals surface area contributed by atoms with E-state index in [4.69, 9.17) is 11.6 Å². The molecule has 2 heterocycles. The number of rotatable bonds is 4. The highest BCUT2D eigenvalue weighted by Gasteiger charge is 2.29. The van der Waals surface area contributed by atoms with Gasteiger partial charge in [0.2, 0.25) is 11.8 Å². The first-order chi connectivity index (χ1) is 13.1. The van der Waals surface area contributed by atoms with Crippen molar-refractivity contribution in [3.8, 4) is 11.7 Å². The second kappa shape index (κ2) is 6.85. The molecule has 1 aromatic carbocycles. The summed E-state index contributed by atoms with van der Waals surface area (Å²) in [5.41, 5.74) is 2.35. The van der Waals surface area contributed by atoms with Crippen molar-refractivity contribution < 1.29 is 9.90 Å². The lowest BCUT2D eigenvalue weighted by Crippen LogP contribution is -2.22. The fourth-order valence-corrected chi connectivity index (χ4v) is 2.91. The molecule has 0 spiro atoms. The highest BCUT2D eigenvalue weighted by atomic mass is 35.5. The summed E-state index contributed by atoms with van der Waals surface area (Å²) >= 11 is 5.86. The van der Waals surface area contributed by atoms with Crippen LogP contribution in [0.1, 0.15) is 18.4 Å². The molecule has 2 aromatic heterocycles. The second-order valence-electron chi connectivity index (χ2n) is 6.27. The highest BCUT2D eigenvalue weighted by Crippen LogP contribution is 2.29. The van der Waals surface area contributed by atoms with E-state index in [0.29, 0.717) is 21.4 Å². The molecule has 1 fully saturated rings. The summed E-state index contributed by atoms with van der Waals surface area (Å²) in [6, 6.07) is 9.97. The van der Waals surface area contributed by atoms with Crippen LogP contribution in [0.3, 0.4) is 0 Å². The summed E-state index contributed by atoms with van der Waals surface area (Å²) in [6.45, 7) is 0. The zero-order valence-corrected chi connectivity index (χ0v) is 14.8. The van der Waals surface area contributed by atoms with Gasteiger partial charge >= 0.3 is 0 Å². The quantitative estimate of drug-likeness (QED) is 0.535. The molecule has 0 radical (unpaired) electrons. The van der Waals surface area contributed by atoms with Crippen LogP contribution in [-0.4, -0.2) is 26.8 Å². The lowest BCUT2D eigenvalue weighted by molar-refractivity contribution is -0.122. The van der Waals surface area contributed by atoms with Crippen molar-refractivity contribution in [1.82, 2.24) is 15.0 Å². The van der Waals surface area contributed by atoms with Gasteiger partial charge in [0.05, 0.1) is 16.8 Å². The van der Waals surface area contributed by atoms with E-state index < -0.39 is 5.56 Å². The Balaban J connectivity index is 1.86. The lowest BCUT2D eigenvalue weighted by Gasteiger charge is -2.12. The fraction of sp³-hybridized carbons (Fsp3) is 0.158. The minimum absolute atomic E-state index is 0.0136. The Morgan fingerprint density at radius 3 is 2.67 bits per heavy atom. The lowest BCUT2D eigenvalue weighted by atomic mass is 10.1. The van der Waals surface area contributed by atoms with E-state index >= 15 is 0 Å². The van der Waals surface area contributed by atoms with Crippen LogP contribution in [0, 0.1) is 5.92 Å². The van der Waals surface area contributed by atoms with Crippen molar-refractivity contribution >= 4 is 34.5 Å². The van der Waals surface area contributed by atoms with E-state index in [1.165, 1.54) is 18.5 Å². The van der Waals surface area contributed by atoms with Gasteiger partial charge in [-0.25, -0.2) is 15.0 Å². The number of nitrogens with one attached hydrogen (secondary N) is 1. The van der Waals surface area contributed by atoms with Crippen LogP contribution in [0.2, 0.25) is 5.02 Å². The van der Waals surface area contributed by atoms with Gasteiger partial charge in [0, 0.05) is 22.9 Å². The summed E-state index contributed by atoms with van der Waals surface area (Å²) in [5.74, 6) is -0.232. The number of hydrogen-bond acceptors (Lipinski definition) is 5. The number of pyridine rings is 2. The van der Waals surface area contributed by atoms with E-state index in [1.807, 2.05) is 0 Å². The number of carbonyl (C=O) groups is 1. The predicted molar refractivity (Wildman–Crippen MR) is 102 cm³/mol. The van der Waals surface area contributed by atoms with Gasteiger partial charge in [0.25, 0.3) is 5.56 Å². The van der Waals surface area contributed by atoms with Crippen LogP contribution in [0.5, 0.6) is 5.88 Å². The van der Waals surface area contributed by atoms with Crippen molar-refractivity contribution in [2.24, 2.45) is 11.0 Å². The molecule has 1 aliphatic rings. The Hall–Kier alpha value is -3.19. The van der Waals surface area contributed by atoms with Crippen LogP contribution in [0.25, 0.3) is 16.6 Å². The Morgan fingerprint density at radius 1 is 1.26 bits per heavy atom. The Morgan fingerprint density at radius 2 is 2.00 bits per heavy atom. The molecule has 0 bridgehead atoms. The Bertz CT molecular complexity index is 1120. The predicted octanol–water partition coefficient (Wildman–Crippen LogP) is 2.60. The minimum atomic E-state index is -0.419. The zero-order valence-electron chi connectivity index (χ0n) is 14.1. The molecule has 1 amide bonds. The maximum atomic E-state index is 12.9. The van der Waals surface area contributed by atoms with Crippen molar-refractivity contribution in [2.45, 2.75) is 12.8 Å². The van der Waals surface area contributed by atoms with Crippen LogP contribution >= 0.6 is 11.6 Å². The number of aromatic hydroxyl groups is 1. The third-order valence-corrected chi connectivity index (χ3v) is 4.58. The number of fused-ring (bicyclic) bond motifs is 1. The van der Waals surface area contributed by atoms with Crippen LogP contribution in [-0.2, 0) is 4.79 Å². The fourth-order valence-electron chi connectivity index (χ4n) is 2.80. The summed E-state index contributed by atoms with van der Waals surface area (Å²) in [4.78, 5) is 28.8. The Labute approximate surface area is 158 Å². The molecule has 4 rings (SSSR count). The molecule has 136 valence electrons. The normalized spacial score (nSPS) is 14.0. The van der Waals surface area contributed by atoms with Gasteiger partial charge in [0.15, 0.2) is 0 Å². The third-order valence-electron chi connectivity index (χ3n) is 4.36. The molecule has 27 heavy (non-hydrogen) atoms. The average molecular weight is 383 g/mol. The molecule has 2 N–H and O–H groups in total. The maximum Gasteiger partial charge on any atom is 0.267 e. The topological polar surface area (TPSA) is 96.6 Å². The smallest absolute Gasteiger partial charge is 0.267 e. The minimum Gasteiger partial charge on any atom is -0.494 e. The summed E-state index contributed by atoms with van der Waals surface area (Å²) in [7, 11) is 0. The van der Waals surface area contributed by atoms with E-state index in [-0.39, 0.29) is 23.5 Å². The molecule has 1 aliphatic carbocycles. The molecule has 0 unspecified atom stereocenters. The third kappa shape index (κ3) is 3.29. The molecular formula is C19H15ClN4O3. The summed E-state index contributed by atoms with van der Waals surface area (Å²) in [5, 5.41) is 16.0. The van der Waals surface area contributed by atoms with Gasteiger partial charge in [-0.1, -0.05) is 29.8 Å². The first-order valence-electron chi connectivity index (χ1n) is 8.38. The average Bonchev–Trinajstić information content (AvgIpc) is 3.51. The Kier molecular flexibility index (Phi) is 4.37. The molecule has 0 atom stereocenters. The van der Waals surface area contributed by atoms with Crippen LogP contribution in [0.15, 0.2) is 52.5 Å². The molecule has 0 aliphatic heterocycles. The number of benzene rings is 1. The number of aromatic nitrogens is 2. The first-order valence-corrected chi connectivity index (χ1v) is 8.75. The van der Waals surface area contributed by atoms with E-state index in [2.05, 4.69) is 15.5 Å². The number of halogens is 1. The molecule has 3 aromatic rings. The van der Waals surface area contributed by atoms with Crippen LogP contribution < -0.4 is 11.0 Å². The SMILES string of the molecule is O=C(N/N=C/c1c(O)n(-c2ccc(Cl)cn2)c(=O)c2ccccc12)C1CC1. The zero-order chi connectivity index (χ0) is 19.0. The van der Waals surface area contributed by atoms with E-state index in [9.17, 15) is 14.7 Å². The molecular weight excluding hydrogens is 368 g/mol. The standard InChI is InChI=1S/C19H15ClN4O3/c20-12-7-8-16(21-9-12)24-18(26)14-4-2-1-3-13(14)15(19(24)27)10-22-23-17(25)11-5-6-11/h1-4,7-11,27H,5-6H2,(H,23,25)/b22-10+. The highest BCUT2D eigenvalue weighted by molar-refractivity contribution is 6.30. The van der Waals surface area contributed by atoms with Gasteiger partial charge in [-0.2, -0.15) is 5.10 Å². The maximum absolute atomic E-state index is 12.9. The summed E-state index contributed by atoms with van der Waals surface area (Å²) < 4.78 is 1.09. The molecule has 0 saturated heterocycles. The van der Waals surface area contributed by atoms with E-state index in [1.54, 1.807) is 30.3 Å². The monoisotopic (exact) mass is 382 g/mol. The number of amides is 1. The van der Waals surface area contributed by atoms with Gasteiger partial charge in [-0.15, -0.1) is 0 Å². The number of hydrogen-bond donors (Lipinski definition) is 2. The van der Waals surface area contributed by atoms with Gasteiger partial charge in [-0.3, -0.25) is 9.59 Å². The number of hydrazone groups is 1. The van der Waals surface area contributed by atoms with Gasteiger partial charge in [0.1, 0.15) is 5.82 Å². The van der Waals surface area contributed by atoms with Crippen molar-refractivity contribution in [2.75, 3.05) is 0 Å². The summed E-state index contributed by atoms with van der Waals surface area (Å²) in [6.07, 6.45) is 4.46.